The van der Waals surface area contributed by atoms with Crippen molar-refractivity contribution in [3.8, 4) is 0 Å². The number of aryl methyl sites for hydroxylation is 1. The normalized spacial score (nSPS) is 11.8. The van der Waals surface area contributed by atoms with Crippen LogP contribution in [0.15, 0.2) is 47.4 Å². The summed E-state index contributed by atoms with van der Waals surface area (Å²) >= 11 is 0. The highest BCUT2D eigenvalue weighted by Crippen LogP contribution is 2.24. The lowest BCUT2D eigenvalue weighted by atomic mass is 10.1. The number of hydrogen-bond acceptors (Lipinski definition) is 5. The molecule has 9 nitrogen and oxygen atoms in total. The lowest BCUT2D eigenvalue weighted by Gasteiger charge is -2.20. The van der Waals surface area contributed by atoms with E-state index in [1.807, 2.05) is 23.7 Å². The average molecular weight is 472 g/mol. The third-order valence-corrected chi connectivity index (χ3v) is 7.58. The Hall–Kier alpha value is -3.24. The molecule has 0 atom stereocenters. The molecule has 1 heterocycles. The highest BCUT2D eigenvalue weighted by Gasteiger charge is 2.24. The van der Waals surface area contributed by atoms with Crippen molar-refractivity contribution in [2.45, 2.75) is 37.5 Å². The van der Waals surface area contributed by atoms with Gasteiger partial charge in [-0.3, -0.25) is 10.2 Å². The minimum absolute atomic E-state index is 0.0148. The third-order valence-electron chi connectivity index (χ3n) is 5.61. The van der Waals surface area contributed by atoms with Crippen molar-refractivity contribution in [1.29, 1.82) is 5.41 Å². The molecule has 0 bridgehead atoms. The van der Waals surface area contributed by atoms with Gasteiger partial charge in [0.2, 0.25) is 10.0 Å². The SMILES string of the molecule is CCN(CCCCC(=O)O)S(=O)(=O)c1ccc2c(c1)nc(Cc1ccc(C(=N)N)cc1)n2C. The summed E-state index contributed by atoms with van der Waals surface area (Å²) in [5, 5.41) is 16.3. The second-order valence-electron chi connectivity index (χ2n) is 7.87. The number of nitrogens with two attached hydrogens (primary N) is 1. The molecule has 0 aliphatic carbocycles. The number of nitrogens with one attached hydrogen (secondary N) is 1. The van der Waals surface area contributed by atoms with E-state index in [0.717, 1.165) is 16.9 Å². The second kappa shape index (κ2) is 10.1. The van der Waals surface area contributed by atoms with Crippen LogP contribution in [-0.4, -0.2) is 52.3 Å². The summed E-state index contributed by atoms with van der Waals surface area (Å²) in [5.74, 6) is -0.0794. The fourth-order valence-electron chi connectivity index (χ4n) is 3.69. The van der Waals surface area contributed by atoms with Crippen LogP contribution in [0, 0.1) is 5.41 Å². The number of carboxylic acids is 1. The van der Waals surface area contributed by atoms with Crippen LogP contribution in [0.1, 0.15) is 43.1 Å². The van der Waals surface area contributed by atoms with Gasteiger partial charge in [0.15, 0.2) is 0 Å². The maximum absolute atomic E-state index is 13.2. The molecule has 3 aromatic rings. The summed E-state index contributed by atoms with van der Waals surface area (Å²) in [6.07, 6.45) is 1.49. The summed E-state index contributed by atoms with van der Waals surface area (Å²) in [7, 11) is -1.82. The Kier molecular flexibility index (Phi) is 7.50. The molecule has 0 radical (unpaired) electrons. The van der Waals surface area contributed by atoms with Crippen molar-refractivity contribution in [2.75, 3.05) is 13.1 Å². The number of nitrogen functional groups attached to an aromatic ring is 1. The van der Waals surface area contributed by atoms with E-state index in [9.17, 15) is 13.2 Å². The number of unbranched alkanes of at least 4 members (excludes halogenated alkanes) is 1. The van der Waals surface area contributed by atoms with Gasteiger partial charge in [0.25, 0.3) is 0 Å². The molecule has 0 spiro atoms. The van der Waals surface area contributed by atoms with E-state index in [1.165, 1.54) is 4.31 Å². The van der Waals surface area contributed by atoms with Gasteiger partial charge in [-0.25, -0.2) is 13.4 Å². The molecule has 0 saturated carbocycles. The fourth-order valence-corrected chi connectivity index (χ4v) is 5.20. The first-order valence-electron chi connectivity index (χ1n) is 10.7. The number of imidazole rings is 1. The van der Waals surface area contributed by atoms with E-state index in [0.29, 0.717) is 36.9 Å². The van der Waals surface area contributed by atoms with Crippen molar-refractivity contribution in [3.05, 3.63) is 59.4 Å². The average Bonchev–Trinajstić information content (AvgIpc) is 3.08. The van der Waals surface area contributed by atoms with Gasteiger partial charge < -0.3 is 15.4 Å². The summed E-state index contributed by atoms with van der Waals surface area (Å²) in [5.41, 5.74) is 8.59. The second-order valence-corrected chi connectivity index (χ2v) is 9.81. The van der Waals surface area contributed by atoms with Crippen LogP contribution in [0.3, 0.4) is 0 Å². The Balaban J connectivity index is 1.82. The molecule has 3 rings (SSSR count). The molecule has 176 valence electrons. The fraction of sp³-hybridized carbons (Fsp3) is 0.348. The van der Waals surface area contributed by atoms with Gasteiger partial charge >= 0.3 is 5.97 Å². The molecule has 33 heavy (non-hydrogen) atoms. The maximum atomic E-state index is 13.2. The van der Waals surface area contributed by atoms with Crippen LogP contribution >= 0.6 is 0 Å². The van der Waals surface area contributed by atoms with E-state index in [-0.39, 0.29) is 23.7 Å². The predicted octanol–water partition coefficient (Wildman–Crippen LogP) is 2.71. The Bertz CT molecular complexity index is 1270. The first kappa shape index (κ1) is 24.4. The molecule has 0 unspecified atom stereocenters. The third kappa shape index (κ3) is 5.58. The van der Waals surface area contributed by atoms with Gasteiger partial charge in [0, 0.05) is 38.5 Å². The monoisotopic (exact) mass is 471 g/mol. The molecule has 0 saturated heterocycles. The first-order chi connectivity index (χ1) is 15.6. The molecule has 10 heteroatoms. The Morgan fingerprint density at radius 2 is 1.88 bits per heavy atom. The van der Waals surface area contributed by atoms with Crippen LogP contribution in [0.5, 0.6) is 0 Å². The summed E-state index contributed by atoms with van der Waals surface area (Å²) in [6, 6.07) is 12.3. The van der Waals surface area contributed by atoms with E-state index < -0.39 is 16.0 Å². The summed E-state index contributed by atoms with van der Waals surface area (Å²) in [4.78, 5) is 15.5. The molecule has 2 aromatic carbocycles. The van der Waals surface area contributed by atoms with E-state index in [4.69, 9.17) is 16.2 Å². The predicted molar refractivity (Wildman–Crippen MR) is 127 cm³/mol. The molecule has 0 fully saturated rings. The molecule has 0 amide bonds. The maximum Gasteiger partial charge on any atom is 0.303 e. The number of hydrogen-bond donors (Lipinski definition) is 3. The van der Waals surface area contributed by atoms with Crippen molar-refractivity contribution < 1.29 is 18.3 Å². The number of nitrogens with zero attached hydrogens (tertiary/aromatic N) is 3. The highest BCUT2D eigenvalue weighted by atomic mass is 32.2. The smallest absolute Gasteiger partial charge is 0.303 e. The van der Waals surface area contributed by atoms with Crippen molar-refractivity contribution in [1.82, 2.24) is 13.9 Å². The van der Waals surface area contributed by atoms with E-state index in [2.05, 4.69) is 4.98 Å². The van der Waals surface area contributed by atoms with Gasteiger partial charge in [0.05, 0.1) is 15.9 Å². The summed E-state index contributed by atoms with van der Waals surface area (Å²) < 4.78 is 29.6. The number of aliphatic carboxylic acids is 1. The number of fused-ring (bicyclic) bond motifs is 1. The zero-order chi connectivity index (χ0) is 24.2. The van der Waals surface area contributed by atoms with Crippen molar-refractivity contribution >= 4 is 32.9 Å². The molecule has 1 aromatic heterocycles. The van der Waals surface area contributed by atoms with Gasteiger partial charge in [0.1, 0.15) is 11.7 Å². The van der Waals surface area contributed by atoms with Gasteiger partial charge in [-0.2, -0.15) is 4.31 Å². The highest BCUT2D eigenvalue weighted by molar-refractivity contribution is 7.89. The number of aromatic nitrogens is 2. The molecule has 0 aliphatic heterocycles. The van der Waals surface area contributed by atoms with Gasteiger partial charge in [-0.1, -0.05) is 31.2 Å². The van der Waals surface area contributed by atoms with Gasteiger partial charge in [-0.15, -0.1) is 0 Å². The van der Waals surface area contributed by atoms with Gasteiger partial charge in [-0.05, 0) is 36.6 Å². The van der Waals surface area contributed by atoms with Crippen molar-refractivity contribution in [2.24, 2.45) is 12.8 Å². The van der Waals surface area contributed by atoms with Crippen molar-refractivity contribution in [3.63, 3.8) is 0 Å². The van der Waals surface area contributed by atoms with Crippen LogP contribution < -0.4 is 5.73 Å². The lowest BCUT2D eigenvalue weighted by Crippen LogP contribution is -2.32. The molecule has 4 N–H and O–H groups in total. The number of amidine groups is 1. The van der Waals surface area contributed by atoms with Crippen LogP contribution in [-0.2, 0) is 28.3 Å². The van der Waals surface area contributed by atoms with E-state index in [1.54, 1.807) is 37.3 Å². The number of rotatable bonds is 11. The zero-order valence-electron chi connectivity index (χ0n) is 18.8. The largest absolute Gasteiger partial charge is 0.481 e. The minimum Gasteiger partial charge on any atom is -0.481 e. The van der Waals surface area contributed by atoms with Crippen LogP contribution in [0.4, 0.5) is 0 Å². The molecular weight excluding hydrogens is 442 g/mol. The first-order valence-corrected chi connectivity index (χ1v) is 12.2. The minimum atomic E-state index is -3.71. The number of carbonyl (C=O) groups is 1. The number of benzene rings is 2. The quantitative estimate of drug-likeness (QED) is 0.223. The Labute approximate surface area is 193 Å². The molecular formula is C23H29N5O4S. The topological polar surface area (TPSA) is 142 Å². The standard InChI is InChI=1S/C23H29N5O4S/c1-3-28(13-5-4-6-22(29)30)33(31,32)18-11-12-20-19(15-18)26-21(27(20)2)14-16-7-9-17(10-8-16)23(24)25/h7-12,15H,3-6,13-14H2,1-2H3,(H3,24,25)(H,29,30). The lowest BCUT2D eigenvalue weighted by molar-refractivity contribution is -0.137. The number of carboxylic acid groups (broad SMARTS) is 1. The zero-order valence-corrected chi connectivity index (χ0v) is 19.6. The summed E-state index contributed by atoms with van der Waals surface area (Å²) in [6.45, 7) is 2.34. The Morgan fingerprint density at radius 3 is 2.48 bits per heavy atom. The number of sulfonamides is 1. The Morgan fingerprint density at radius 1 is 1.18 bits per heavy atom. The van der Waals surface area contributed by atoms with Crippen LogP contribution in [0.25, 0.3) is 11.0 Å². The van der Waals surface area contributed by atoms with Crippen LogP contribution in [0.2, 0.25) is 0 Å². The molecule has 0 aliphatic rings. The van der Waals surface area contributed by atoms with E-state index >= 15 is 0 Å².